The molecule has 19 heavy (non-hydrogen) atoms. The molecule has 1 amide bonds. The Hall–Kier alpha value is -1.62. The molecule has 1 heterocycles. The number of nitrogens with one attached hydrogen (secondary N) is 2. The van der Waals surface area contributed by atoms with Crippen molar-refractivity contribution < 1.29 is 13.9 Å². The summed E-state index contributed by atoms with van der Waals surface area (Å²) < 4.78 is 18.5. The Labute approximate surface area is 112 Å². The molecule has 0 saturated carbocycles. The van der Waals surface area contributed by atoms with Crippen molar-refractivity contribution in [3.05, 3.63) is 30.1 Å². The van der Waals surface area contributed by atoms with Gasteiger partial charge in [-0.05, 0) is 32.0 Å². The van der Waals surface area contributed by atoms with Crippen LogP contribution in [0.4, 0.5) is 4.39 Å². The first-order valence-corrected chi connectivity index (χ1v) is 6.56. The third-order valence-electron chi connectivity index (χ3n) is 3.13. The first kappa shape index (κ1) is 13.8. The Balaban J connectivity index is 1.75. The van der Waals surface area contributed by atoms with E-state index in [1.807, 2.05) is 6.92 Å². The van der Waals surface area contributed by atoms with Gasteiger partial charge in [-0.1, -0.05) is 6.07 Å². The predicted octanol–water partition coefficient (Wildman–Crippen LogP) is 1.32. The largest absolute Gasteiger partial charge is 0.489 e. The zero-order valence-corrected chi connectivity index (χ0v) is 11.0. The second-order valence-corrected chi connectivity index (χ2v) is 4.82. The summed E-state index contributed by atoms with van der Waals surface area (Å²) in [7, 11) is 0. The van der Waals surface area contributed by atoms with Crippen LogP contribution in [0.25, 0.3) is 0 Å². The Morgan fingerprint density at radius 3 is 3.16 bits per heavy atom. The maximum atomic E-state index is 13.0. The van der Waals surface area contributed by atoms with E-state index in [1.165, 1.54) is 12.1 Å². The maximum absolute atomic E-state index is 13.0. The molecule has 104 valence electrons. The molecule has 0 aliphatic carbocycles. The van der Waals surface area contributed by atoms with E-state index in [4.69, 9.17) is 4.74 Å². The van der Waals surface area contributed by atoms with Crippen LogP contribution in [0.2, 0.25) is 0 Å². The summed E-state index contributed by atoms with van der Waals surface area (Å²) in [5.41, 5.74) is 0. The van der Waals surface area contributed by atoms with Crippen LogP contribution < -0.4 is 15.4 Å². The van der Waals surface area contributed by atoms with Gasteiger partial charge in [0, 0.05) is 12.6 Å². The number of amides is 1. The molecule has 1 saturated heterocycles. The van der Waals surface area contributed by atoms with Gasteiger partial charge in [0.15, 0.2) is 0 Å². The minimum absolute atomic E-state index is 0.0553. The molecule has 5 heteroatoms. The molecule has 0 spiro atoms. The van der Waals surface area contributed by atoms with Crippen molar-refractivity contribution in [3.8, 4) is 5.75 Å². The topological polar surface area (TPSA) is 50.4 Å². The van der Waals surface area contributed by atoms with Crippen LogP contribution in [0.3, 0.4) is 0 Å². The quantitative estimate of drug-likeness (QED) is 0.845. The lowest BCUT2D eigenvalue weighted by Crippen LogP contribution is -2.38. The minimum Gasteiger partial charge on any atom is -0.489 e. The zero-order chi connectivity index (χ0) is 13.7. The van der Waals surface area contributed by atoms with Gasteiger partial charge in [0.2, 0.25) is 5.91 Å². The number of carbonyl (C=O) groups is 1. The highest BCUT2D eigenvalue weighted by Gasteiger charge is 2.22. The summed E-state index contributed by atoms with van der Waals surface area (Å²) in [6.07, 6.45) is 0.686. The molecule has 1 aromatic carbocycles. The number of carbonyl (C=O) groups excluding carboxylic acids is 1. The zero-order valence-electron chi connectivity index (χ0n) is 11.0. The Morgan fingerprint density at radius 1 is 1.63 bits per heavy atom. The Morgan fingerprint density at radius 2 is 2.47 bits per heavy atom. The first-order valence-electron chi connectivity index (χ1n) is 6.56. The average Bonchev–Trinajstić information content (AvgIpc) is 2.90. The van der Waals surface area contributed by atoms with Crippen molar-refractivity contribution in [2.24, 2.45) is 5.92 Å². The fraction of sp³-hybridized carbons (Fsp3) is 0.500. The van der Waals surface area contributed by atoms with E-state index >= 15 is 0 Å². The molecule has 1 aliphatic rings. The van der Waals surface area contributed by atoms with Gasteiger partial charge < -0.3 is 15.4 Å². The van der Waals surface area contributed by atoms with Crippen molar-refractivity contribution >= 4 is 5.91 Å². The van der Waals surface area contributed by atoms with E-state index in [9.17, 15) is 9.18 Å². The van der Waals surface area contributed by atoms with Crippen molar-refractivity contribution in [1.29, 1.82) is 0 Å². The summed E-state index contributed by atoms with van der Waals surface area (Å²) in [5, 5.41) is 6.01. The highest BCUT2D eigenvalue weighted by atomic mass is 19.1. The van der Waals surface area contributed by atoms with Crippen molar-refractivity contribution in [2.75, 3.05) is 19.6 Å². The predicted molar refractivity (Wildman–Crippen MR) is 70.5 cm³/mol. The SMILES string of the molecule is CC(CNC(=O)C1CCNC1)Oc1cccc(F)c1. The number of ether oxygens (including phenoxy) is 1. The van der Waals surface area contributed by atoms with Crippen LogP contribution in [-0.2, 0) is 4.79 Å². The van der Waals surface area contributed by atoms with E-state index in [1.54, 1.807) is 12.1 Å². The summed E-state index contributed by atoms with van der Waals surface area (Å²) >= 11 is 0. The molecule has 2 unspecified atom stereocenters. The highest BCUT2D eigenvalue weighted by molar-refractivity contribution is 5.79. The monoisotopic (exact) mass is 266 g/mol. The summed E-state index contributed by atoms with van der Waals surface area (Å²) in [5.74, 6) is 0.260. The molecule has 2 atom stereocenters. The van der Waals surface area contributed by atoms with Crippen molar-refractivity contribution in [2.45, 2.75) is 19.4 Å². The fourth-order valence-corrected chi connectivity index (χ4v) is 2.08. The van der Waals surface area contributed by atoms with E-state index in [-0.39, 0.29) is 23.7 Å². The summed E-state index contributed by atoms with van der Waals surface area (Å²) in [6, 6.07) is 5.99. The van der Waals surface area contributed by atoms with Crippen LogP contribution in [-0.4, -0.2) is 31.6 Å². The van der Waals surface area contributed by atoms with Crippen LogP contribution in [0.15, 0.2) is 24.3 Å². The van der Waals surface area contributed by atoms with Crippen LogP contribution >= 0.6 is 0 Å². The van der Waals surface area contributed by atoms with Gasteiger partial charge in [-0.25, -0.2) is 4.39 Å². The lowest BCUT2D eigenvalue weighted by Gasteiger charge is -2.17. The molecule has 1 aliphatic heterocycles. The van der Waals surface area contributed by atoms with Gasteiger partial charge in [0.25, 0.3) is 0 Å². The van der Waals surface area contributed by atoms with Gasteiger partial charge in [-0.3, -0.25) is 4.79 Å². The number of benzene rings is 1. The van der Waals surface area contributed by atoms with E-state index < -0.39 is 0 Å². The van der Waals surface area contributed by atoms with E-state index in [0.29, 0.717) is 12.3 Å². The maximum Gasteiger partial charge on any atom is 0.224 e. The normalized spacial score (nSPS) is 20.0. The first-order chi connectivity index (χ1) is 9.15. The average molecular weight is 266 g/mol. The molecular weight excluding hydrogens is 247 g/mol. The smallest absolute Gasteiger partial charge is 0.224 e. The van der Waals surface area contributed by atoms with Gasteiger partial charge in [0.05, 0.1) is 12.5 Å². The van der Waals surface area contributed by atoms with Gasteiger partial charge >= 0.3 is 0 Å². The van der Waals surface area contributed by atoms with Crippen molar-refractivity contribution in [1.82, 2.24) is 10.6 Å². The van der Waals surface area contributed by atoms with Gasteiger partial charge in [-0.2, -0.15) is 0 Å². The van der Waals surface area contributed by atoms with Crippen molar-refractivity contribution in [3.63, 3.8) is 0 Å². The number of hydrogen-bond acceptors (Lipinski definition) is 3. The fourth-order valence-electron chi connectivity index (χ4n) is 2.08. The molecule has 4 nitrogen and oxygen atoms in total. The molecule has 0 radical (unpaired) electrons. The van der Waals surface area contributed by atoms with Crippen LogP contribution in [0, 0.1) is 11.7 Å². The molecule has 1 fully saturated rings. The van der Waals surface area contributed by atoms with Crippen LogP contribution in [0.1, 0.15) is 13.3 Å². The molecular formula is C14H19FN2O2. The molecule has 2 N–H and O–H groups in total. The standard InChI is InChI=1S/C14H19FN2O2/c1-10(19-13-4-2-3-12(15)7-13)8-17-14(18)11-5-6-16-9-11/h2-4,7,10-11,16H,5-6,8-9H2,1H3,(H,17,18). The lowest BCUT2D eigenvalue weighted by molar-refractivity contribution is -0.124. The highest BCUT2D eigenvalue weighted by Crippen LogP contribution is 2.13. The van der Waals surface area contributed by atoms with E-state index in [2.05, 4.69) is 10.6 Å². The van der Waals surface area contributed by atoms with Gasteiger partial charge in [-0.15, -0.1) is 0 Å². The number of halogens is 1. The van der Waals surface area contributed by atoms with Crippen LogP contribution in [0.5, 0.6) is 5.75 Å². The summed E-state index contributed by atoms with van der Waals surface area (Å²) in [4.78, 5) is 11.8. The lowest BCUT2D eigenvalue weighted by atomic mass is 10.1. The van der Waals surface area contributed by atoms with E-state index in [0.717, 1.165) is 19.5 Å². The third-order valence-corrected chi connectivity index (χ3v) is 3.13. The molecule has 0 bridgehead atoms. The minimum atomic E-state index is -0.328. The molecule has 1 aromatic rings. The molecule has 0 aromatic heterocycles. The second-order valence-electron chi connectivity index (χ2n) is 4.82. The number of rotatable bonds is 5. The number of hydrogen-bond donors (Lipinski definition) is 2. The molecule has 2 rings (SSSR count). The van der Waals surface area contributed by atoms with Gasteiger partial charge in [0.1, 0.15) is 17.7 Å². The summed E-state index contributed by atoms with van der Waals surface area (Å²) in [6.45, 7) is 3.91. The Kier molecular flexibility index (Phi) is 4.74. The Bertz CT molecular complexity index is 433. The third kappa shape index (κ3) is 4.21. The second kappa shape index (κ2) is 6.52.